The number of hydrogen-bond donors (Lipinski definition) is 3. The molecule has 0 unspecified atom stereocenters. The van der Waals surface area contributed by atoms with Crippen molar-refractivity contribution in [1.29, 1.82) is 0 Å². The molecule has 1 aromatic carbocycles. The van der Waals surface area contributed by atoms with Crippen molar-refractivity contribution in [3.05, 3.63) is 23.8 Å². The van der Waals surface area contributed by atoms with E-state index in [1.54, 1.807) is 0 Å². The van der Waals surface area contributed by atoms with E-state index in [0.717, 1.165) is 0 Å². The van der Waals surface area contributed by atoms with Crippen LogP contribution < -0.4 is 4.74 Å². The highest BCUT2D eigenvalue weighted by Gasteiger charge is 2.09. The van der Waals surface area contributed by atoms with Crippen LogP contribution >= 0.6 is 0 Å². The van der Waals surface area contributed by atoms with Gasteiger partial charge in [0.15, 0.2) is 11.5 Å². The Balaban J connectivity index is 2.99. The lowest BCUT2D eigenvalue weighted by Crippen LogP contribution is -2.02. The average molecular weight is 184 g/mol. The van der Waals surface area contributed by atoms with E-state index in [1.807, 2.05) is 0 Å². The zero-order valence-electron chi connectivity index (χ0n) is 7.27. The number of ether oxygens (including phenoxy) is 1. The third-order valence-electron chi connectivity index (χ3n) is 1.76. The highest BCUT2D eigenvalue weighted by Crippen LogP contribution is 2.28. The monoisotopic (exact) mass is 184 g/mol. The maximum atomic E-state index is 9.25. The van der Waals surface area contributed by atoms with E-state index in [4.69, 9.17) is 9.84 Å². The minimum atomic E-state index is -0.936. The van der Waals surface area contributed by atoms with Crippen molar-refractivity contribution in [2.75, 3.05) is 13.7 Å². The predicted molar refractivity (Wildman–Crippen MR) is 46.7 cm³/mol. The second-order valence-electron chi connectivity index (χ2n) is 2.63. The van der Waals surface area contributed by atoms with Crippen molar-refractivity contribution in [3.63, 3.8) is 0 Å². The highest BCUT2D eigenvalue weighted by molar-refractivity contribution is 5.42. The average Bonchev–Trinajstić information content (AvgIpc) is 2.17. The van der Waals surface area contributed by atoms with E-state index in [2.05, 4.69) is 0 Å². The Hall–Kier alpha value is -1.26. The second-order valence-corrected chi connectivity index (χ2v) is 2.63. The summed E-state index contributed by atoms with van der Waals surface area (Å²) in [5.41, 5.74) is 0.511. The fraction of sp³-hybridized carbons (Fsp3) is 0.333. The van der Waals surface area contributed by atoms with Crippen LogP contribution in [-0.2, 0) is 0 Å². The summed E-state index contributed by atoms with van der Waals surface area (Å²) in [6, 6.07) is 4.42. The molecular formula is C9H12O4. The molecule has 0 bridgehead atoms. The molecule has 0 aliphatic rings. The third-order valence-corrected chi connectivity index (χ3v) is 1.76. The molecular weight excluding hydrogens is 172 g/mol. The van der Waals surface area contributed by atoms with Gasteiger partial charge in [0.05, 0.1) is 13.7 Å². The van der Waals surface area contributed by atoms with Gasteiger partial charge in [-0.25, -0.2) is 0 Å². The van der Waals surface area contributed by atoms with Crippen LogP contribution in [0.3, 0.4) is 0 Å². The van der Waals surface area contributed by atoms with Crippen LogP contribution in [0.5, 0.6) is 11.5 Å². The molecule has 13 heavy (non-hydrogen) atoms. The van der Waals surface area contributed by atoms with E-state index >= 15 is 0 Å². The number of hydrogen-bond acceptors (Lipinski definition) is 4. The standard InChI is InChI=1S/C9H12O4/c1-13-9-4-6(8(12)5-10)2-3-7(9)11/h2-4,8,10-12H,5H2,1H3/t8-/m0/s1. The van der Waals surface area contributed by atoms with Gasteiger partial charge in [0.1, 0.15) is 6.10 Å². The Morgan fingerprint density at radius 1 is 1.46 bits per heavy atom. The van der Waals surface area contributed by atoms with Crippen LogP contribution in [0.1, 0.15) is 11.7 Å². The van der Waals surface area contributed by atoms with Gasteiger partial charge in [-0.1, -0.05) is 6.07 Å². The second kappa shape index (κ2) is 4.11. The molecule has 0 amide bonds. The van der Waals surface area contributed by atoms with Crippen molar-refractivity contribution >= 4 is 0 Å². The maximum Gasteiger partial charge on any atom is 0.160 e. The number of benzene rings is 1. The lowest BCUT2D eigenvalue weighted by Gasteiger charge is -2.09. The van der Waals surface area contributed by atoms with Crippen LogP contribution in [0.2, 0.25) is 0 Å². The molecule has 0 saturated carbocycles. The van der Waals surface area contributed by atoms with Crippen molar-refractivity contribution < 1.29 is 20.1 Å². The molecule has 72 valence electrons. The lowest BCUT2D eigenvalue weighted by molar-refractivity contribution is 0.0953. The number of aliphatic hydroxyl groups excluding tert-OH is 2. The first-order chi connectivity index (χ1) is 6.19. The van der Waals surface area contributed by atoms with Gasteiger partial charge in [-0.15, -0.1) is 0 Å². The maximum absolute atomic E-state index is 9.25. The molecule has 0 fully saturated rings. The smallest absolute Gasteiger partial charge is 0.160 e. The van der Waals surface area contributed by atoms with Crippen LogP contribution in [0, 0.1) is 0 Å². The van der Waals surface area contributed by atoms with Gasteiger partial charge in [-0.3, -0.25) is 0 Å². The predicted octanol–water partition coefficient (Wildman–Crippen LogP) is 0.426. The zero-order valence-corrected chi connectivity index (χ0v) is 7.27. The van der Waals surface area contributed by atoms with Gasteiger partial charge in [0.25, 0.3) is 0 Å². The molecule has 1 atom stereocenters. The Bertz CT molecular complexity index is 285. The summed E-state index contributed by atoms with van der Waals surface area (Å²) in [4.78, 5) is 0. The molecule has 0 radical (unpaired) electrons. The molecule has 0 spiro atoms. The normalized spacial score (nSPS) is 12.5. The zero-order chi connectivity index (χ0) is 9.84. The summed E-state index contributed by atoms with van der Waals surface area (Å²) in [7, 11) is 1.42. The first-order valence-electron chi connectivity index (χ1n) is 3.85. The summed E-state index contributed by atoms with van der Waals surface area (Å²) in [5, 5.41) is 27.1. The summed E-state index contributed by atoms with van der Waals surface area (Å²) in [6.07, 6.45) is -0.936. The fourth-order valence-corrected chi connectivity index (χ4v) is 1.01. The number of rotatable bonds is 3. The van der Waals surface area contributed by atoms with E-state index < -0.39 is 6.10 Å². The van der Waals surface area contributed by atoms with Gasteiger partial charge in [0.2, 0.25) is 0 Å². The van der Waals surface area contributed by atoms with Crippen molar-refractivity contribution in [2.24, 2.45) is 0 Å². The number of phenols is 1. The van der Waals surface area contributed by atoms with Crippen molar-refractivity contribution in [2.45, 2.75) is 6.10 Å². The minimum absolute atomic E-state index is 0.0105. The number of phenolic OH excluding ortho intramolecular Hbond substituents is 1. The first kappa shape index (κ1) is 9.83. The number of aromatic hydroxyl groups is 1. The summed E-state index contributed by atoms with van der Waals surface area (Å²) in [6.45, 7) is -0.353. The Morgan fingerprint density at radius 2 is 2.15 bits per heavy atom. The topological polar surface area (TPSA) is 69.9 Å². The van der Waals surface area contributed by atoms with Crippen LogP contribution in [0.15, 0.2) is 18.2 Å². The molecule has 0 heterocycles. The molecule has 0 aliphatic heterocycles. The fourth-order valence-electron chi connectivity index (χ4n) is 1.01. The van der Waals surface area contributed by atoms with Crippen LogP contribution in [-0.4, -0.2) is 29.0 Å². The minimum Gasteiger partial charge on any atom is -0.504 e. The highest BCUT2D eigenvalue weighted by atomic mass is 16.5. The third kappa shape index (κ3) is 2.11. The van der Waals surface area contributed by atoms with E-state index in [0.29, 0.717) is 5.56 Å². The molecule has 3 N–H and O–H groups in total. The van der Waals surface area contributed by atoms with Gasteiger partial charge in [-0.2, -0.15) is 0 Å². The molecule has 0 saturated heterocycles. The van der Waals surface area contributed by atoms with E-state index in [1.165, 1.54) is 25.3 Å². The summed E-state index contributed by atoms with van der Waals surface area (Å²) >= 11 is 0. The lowest BCUT2D eigenvalue weighted by atomic mass is 10.1. The Morgan fingerprint density at radius 3 is 2.69 bits per heavy atom. The van der Waals surface area contributed by atoms with Gasteiger partial charge in [0, 0.05) is 0 Å². The molecule has 4 heteroatoms. The molecule has 1 rings (SSSR count). The Labute approximate surface area is 76.0 Å². The quantitative estimate of drug-likeness (QED) is 0.637. The Kier molecular flexibility index (Phi) is 3.11. The van der Waals surface area contributed by atoms with Crippen LogP contribution in [0.4, 0.5) is 0 Å². The molecule has 0 aliphatic carbocycles. The summed E-state index contributed by atoms with van der Waals surface area (Å²) in [5.74, 6) is 0.293. The van der Waals surface area contributed by atoms with Crippen LogP contribution in [0.25, 0.3) is 0 Å². The van der Waals surface area contributed by atoms with Gasteiger partial charge >= 0.3 is 0 Å². The molecule has 0 aromatic heterocycles. The number of methoxy groups -OCH3 is 1. The van der Waals surface area contributed by atoms with Crippen molar-refractivity contribution in [1.82, 2.24) is 0 Å². The largest absolute Gasteiger partial charge is 0.504 e. The molecule has 1 aromatic rings. The molecule has 4 nitrogen and oxygen atoms in total. The van der Waals surface area contributed by atoms with Gasteiger partial charge < -0.3 is 20.1 Å². The van der Waals surface area contributed by atoms with E-state index in [9.17, 15) is 10.2 Å². The summed E-state index contributed by atoms with van der Waals surface area (Å²) < 4.78 is 4.84. The van der Waals surface area contributed by atoms with Crippen molar-refractivity contribution in [3.8, 4) is 11.5 Å². The van der Waals surface area contributed by atoms with Gasteiger partial charge in [-0.05, 0) is 17.7 Å². The SMILES string of the molecule is COc1cc([C@@H](O)CO)ccc1O. The van der Waals surface area contributed by atoms with E-state index in [-0.39, 0.29) is 18.1 Å². The number of aliphatic hydroxyl groups is 2. The first-order valence-corrected chi connectivity index (χ1v) is 3.85.